The number of benzene rings is 2. The number of hydrogen-bond acceptors (Lipinski definition) is 3. The van der Waals surface area contributed by atoms with Crippen molar-refractivity contribution in [2.45, 2.75) is 58.1 Å². The van der Waals surface area contributed by atoms with Gasteiger partial charge in [-0.1, -0.05) is 49.2 Å². The van der Waals surface area contributed by atoms with Gasteiger partial charge in [0.2, 0.25) is 0 Å². The van der Waals surface area contributed by atoms with Crippen LogP contribution in [0.25, 0.3) is 11.1 Å². The number of ether oxygens (including phenoxy) is 1. The summed E-state index contributed by atoms with van der Waals surface area (Å²) in [4.78, 5) is 26.3. The second-order valence-corrected chi connectivity index (χ2v) is 8.52. The Morgan fingerprint density at radius 2 is 1.79 bits per heavy atom. The third kappa shape index (κ3) is 5.17. The van der Waals surface area contributed by atoms with E-state index in [2.05, 4.69) is 0 Å². The van der Waals surface area contributed by atoms with Crippen molar-refractivity contribution in [3.8, 4) is 11.1 Å². The van der Waals surface area contributed by atoms with Crippen LogP contribution >= 0.6 is 0 Å². The van der Waals surface area contributed by atoms with Gasteiger partial charge in [-0.2, -0.15) is 0 Å². The Hall–Kier alpha value is -2.82. The maximum absolute atomic E-state index is 12.9. The topological polar surface area (TPSA) is 66.8 Å². The monoisotopic (exact) mass is 395 g/mol. The van der Waals surface area contributed by atoms with Crippen molar-refractivity contribution in [2.24, 2.45) is 0 Å². The zero-order valence-corrected chi connectivity index (χ0v) is 17.4. The third-order valence-electron chi connectivity index (χ3n) is 5.12. The van der Waals surface area contributed by atoms with E-state index in [1.807, 2.05) is 62.1 Å². The molecule has 29 heavy (non-hydrogen) atoms. The van der Waals surface area contributed by atoms with Crippen LogP contribution in [-0.4, -0.2) is 34.2 Å². The number of amides is 1. The molecule has 1 amide bonds. The Labute approximate surface area is 172 Å². The molecule has 0 aromatic heterocycles. The number of carbonyl (C=O) groups is 2. The van der Waals surface area contributed by atoms with Crippen molar-refractivity contribution in [3.63, 3.8) is 0 Å². The molecular formula is C24H29NO4. The highest BCUT2D eigenvalue weighted by Crippen LogP contribution is 2.34. The van der Waals surface area contributed by atoms with E-state index in [4.69, 9.17) is 4.74 Å². The SMILES string of the molecule is CC(C)(C)OC(=O)N1CCCCC[C@@H]1c1cccc(-c2ccccc2C(=O)O)c1. The molecule has 1 aliphatic heterocycles. The summed E-state index contributed by atoms with van der Waals surface area (Å²) in [5, 5.41) is 9.54. The smallest absolute Gasteiger partial charge is 0.410 e. The highest BCUT2D eigenvalue weighted by Gasteiger charge is 2.30. The molecule has 2 aromatic rings. The molecule has 3 rings (SSSR count). The quantitative estimate of drug-likeness (QED) is 0.702. The van der Waals surface area contributed by atoms with Gasteiger partial charge in [0.25, 0.3) is 0 Å². The lowest BCUT2D eigenvalue weighted by atomic mass is 9.94. The molecule has 1 N–H and O–H groups in total. The van der Waals surface area contributed by atoms with Gasteiger partial charge in [0.05, 0.1) is 11.6 Å². The van der Waals surface area contributed by atoms with Gasteiger partial charge in [0.1, 0.15) is 5.60 Å². The Morgan fingerprint density at radius 3 is 2.52 bits per heavy atom. The molecule has 154 valence electrons. The Bertz CT molecular complexity index is 884. The summed E-state index contributed by atoms with van der Waals surface area (Å²) in [7, 11) is 0. The second-order valence-electron chi connectivity index (χ2n) is 8.52. The first-order valence-corrected chi connectivity index (χ1v) is 10.2. The predicted octanol–water partition coefficient (Wildman–Crippen LogP) is 5.90. The molecule has 5 nitrogen and oxygen atoms in total. The molecule has 1 fully saturated rings. The van der Waals surface area contributed by atoms with Gasteiger partial charge < -0.3 is 14.7 Å². The van der Waals surface area contributed by atoms with Gasteiger partial charge in [-0.25, -0.2) is 9.59 Å². The minimum Gasteiger partial charge on any atom is -0.478 e. The molecule has 0 aliphatic carbocycles. The molecule has 1 aliphatic rings. The minimum absolute atomic E-state index is 0.0794. The van der Waals surface area contributed by atoms with Crippen LogP contribution in [0.3, 0.4) is 0 Å². The molecule has 0 unspecified atom stereocenters. The zero-order chi connectivity index (χ0) is 21.0. The number of carboxylic acids is 1. The first-order valence-electron chi connectivity index (χ1n) is 10.2. The van der Waals surface area contributed by atoms with Crippen LogP contribution in [0.15, 0.2) is 48.5 Å². The summed E-state index contributed by atoms with van der Waals surface area (Å²) in [5.74, 6) is -0.948. The van der Waals surface area contributed by atoms with Crippen LogP contribution in [0, 0.1) is 0 Å². The average Bonchev–Trinajstić information content (AvgIpc) is 2.93. The number of rotatable bonds is 3. The molecule has 1 atom stereocenters. The van der Waals surface area contributed by atoms with Crippen LogP contribution in [0.1, 0.15) is 68.4 Å². The summed E-state index contributed by atoms with van der Waals surface area (Å²) in [6.45, 7) is 6.29. The third-order valence-corrected chi connectivity index (χ3v) is 5.12. The number of nitrogens with zero attached hydrogens (tertiary/aromatic N) is 1. The molecule has 1 heterocycles. The minimum atomic E-state index is -0.948. The standard InChI is InChI=1S/C24H29NO4/c1-24(2,3)29-23(28)25-15-8-4-5-14-21(25)18-11-9-10-17(16-18)19-12-6-7-13-20(19)22(26)27/h6-7,9-13,16,21H,4-5,8,14-15H2,1-3H3,(H,26,27)/t21-/m1/s1. The second kappa shape index (κ2) is 8.68. The maximum atomic E-state index is 12.9. The van der Waals surface area contributed by atoms with Crippen molar-refractivity contribution in [2.75, 3.05) is 6.54 Å². The van der Waals surface area contributed by atoms with E-state index in [1.165, 1.54) is 0 Å². The van der Waals surface area contributed by atoms with Crippen molar-refractivity contribution >= 4 is 12.1 Å². The number of carbonyl (C=O) groups excluding carboxylic acids is 1. The number of likely N-dealkylation sites (tertiary alicyclic amines) is 1. The van der Waals surface area contributed by atoms with Crippen LogP contribution in [-0.2, 0) is 4.74 Å². The Kier molecular flexibility index (Phi) is 6.26. The fourth-order valence-electron chi connectivity index (χ4n) is 3.83. The maximum Gasteiger partial charge on any atom is 0.410 e. The summed E-state index contributed by atoms with van der Waals surface area (Å²) in [6, 6.07) is 14.8. The summed E-state index contributed by atoms with van der Waals surface area (Å²) in [5.41, 5.74) is 2.26. The van der Waals surface area contributed by atoms with Gasteiger partial charge in [-0.05, 0) is 62.4 Å². The van der Waals surface area contributed by atoms with Gasteiger partial charge in [0, 0.05) is 6.54 Å². The van der Waals surface area contributed by atoms with E-state index in [0.29, 0.717) is 12.1 Å². The molecule has 5 heteroatoms. The van der Waals surface area contributed by atoms with E-state index >= 15 is 0 Å². The van der Waals surface area contributed by atoms with Crippen LogP contribution in [0.2, 0.25) is 0 Å². The fraction of sp³-hybridized carbons (Fsp3) is 0.417. The lowest BCUT2D eigenvalue weighted by Crippen LogP contribution is -2.39. The summed E-state index contributed by atoms with van der Waals surface area (Å²) >= 11 is 0. The van der Waals surface area contributed by atoms with Crippen molar-refractivity contribution in [1.29, 1.82) is 0 Å². The van der Waals surface area contributed by atoms with Gasteiger partial charge in [0.15, 0.2) is 0 Å². The number of hydrogen-bond donors (Lipinski definition) is 1. The van der Waals surface area contributed by atoms with E-state index in [-0.39, 0.29) is 17.7 Å². The Balaban J connectivity index is 1.97. The lowest BCUT2D eigenvalue weighted by molar-refractivity contribution is 0.0163. The van der Waals surface area contributed by atoms with Gasteiger partial charge >= 0.3 is 12.1 Å². The molecule has 2 aromatic carbocycles. The van der Waals surface area contributed by atoms with Crippen molar-refractivity contribution in [3.05, 3.63) is 59.7 Å². The first kappa shape index (κ1) is 20.9. The van der Waals surface area contributed by atoms with Gasteiger partial charge in [-0.15, -0.1) is 0 Å². The van der Waals surface area contributed by atoms with E-state index in [9.17, 15) is 14.7 Å². The lowest BCUT2D eigenvalue weighted by Gasteiger charge is -2.32. The van der Waals surface area contributed by atoms with E-state index in [1.54, 1.807) is 12.1 Å². The normalized spacial score (nSPS) is 17.5. The first-order chi connectivity index (χ1) is 13.8. The number of aromatic carboxylic acids is 1. The molecule has 0 bridgehead atoms. The highest BCUT2D eigenvalue weighted by atomic mass is 16.6. The molecular weight excluding hydrogens is 366 g/mol. The Morgan fingerprint density at radius 1 is 1.03 bits per heavy atom. The molecule has 0 saturated carbocycles. The zero-order valence-electron chi connectivity index (χ0n) is 17.4. The predicted molar refractivity (Wildman–Crippen MR) is 113 cm³/mol. The van der Waals surface area contributed by atoms with Crippen molar-refractivity contribution < 1.29 is 19.4 Å². The van der Waals surface area contributed by atoms with E-state index < -0.39 is 11.6 Å². The highest BCUT2D eigenvalue weighted by molar-refractivity contribution is 5.96. The molecule has 0 spiro atoms. The summed E-state index contributed by atoms with van der Waals surface area (Å²) < 4.78 is 5.66. The average molecular weight is 395 g/mol. The van der Waals surface area contributed by atoms with Gasteiger partial charge in [-0.3, -0.25) is 0 Å². The largest absolute Gasteiger partial charge is 0.478 e. The van der Waals surface area contributed by atoms with E-state index in [0.717, 1.165) is 36.8 Å². The molecule has 0 radical (unpaired) electrons. The summed E-state index contributed by atoms with van der Waals surface area (Å²) in [6.07, 6.45) is 3.65. The van der Waals surface area contributed by atoms with Crippen LogP contribution in [0.4, 0.5) is 4.79 Å². The van der Waals surface area contributed by atoms with Crippen LogP contribution in [0.5, 0.6) is 0 Å². The molecule has 1 saturated heterocycles. The van der Waals surface area contributed by atoms with Crippen molar-refractivity contribution in [1.82, 2.24) is 4.90 Å². The fourth-order valence-corrected chi connectivity index (χ4v) is 3.83. The number of carboxylic acid groups (broad SMARTS) is 1. The van der Waals surface area contributed by atoms with Crippen LogP contribution < -0.4 is 0 Å².